The number of nitrogens with zero attached hydrogens (tertiary/aromatic N) is 1. The molecule has 0 aromatic rings. The van der Waals surface area contributed by atoms with E-state index in [1.54, 1.807) is 0 Å². The second kappa shape index (κ2) is 6.22. The molecule has 0 bridgehead atoms. The minimum absolute atomic E-state index is 0.432. The average molecular weight is 280 g/mol. The Balaban J connectivity index is 0.000000246. The molecule has 0 atom stereocenters. The van der Waals surface area contributed by atoms with Gasteiger partial charge in [0.2, 0.25) is 0 Å². The van der Waals surface area contributed by atoms with E-state index in [0.29, 0.717) is 16.4 Å². The average Bonchev–Trinajstić information content (AvgIpc) is 2.94. The van der Waals surface area contributed by atoms with Crippen molar-refractivity contribution in [2.75, 3.05) is 6.54 Å². The molecule has 1 heterocycles. The first-order valence-electron chi connectivity index (χ1n) is 8.39. The molecule has 2 aliphatic rings. The van der Waals surface area contributed by atoms with Crippen LogP contribution in [0.5, 0.6) is 0 Å². The van der Waals surface area contributed by atoms with Gasteiger partial charge in [0.25, 0.3) is 0 Å². The lowest BCUT2D eigenvalue weighted by Gasteiger charge is -2.46. The van der Waals surface area contributed by atoms with E-state index in [0.717, 1.165) is 12.5 Å². The van der Waals surface area contributed by atoms with Crippen LogP contribution >= 0.6 is 0 Å². The Morgan fingerprint density at radius 1 is 1.15 bits per heavy atom. The summed E-state index contributed by atoms with van der Waals surface area (Å²) in [5.41, 5.74) is 1.67. The van der Waals surface area contributed by atoms with Gasteiger partial charge < -0.3 is 0 Å². The van der Waals surface area contributed by atoms with Crippen LogP contribution in [0.3, 0.4) is 0 Å². The Kier molecular flexibility index (Phi) is 5.52. The molecule has 0 unspecified atom stereocenters. The van der Waals surface area contributed by atoms with Crippen molar-refractivity contribution in [3.05, 3.63) is 12.7 Å². The van der Waals surface area contributed by atoms with Crippen molar-refractivity contribution in [3.8, 4) is 0 Å². The summed E-state index contributed by atoms with van der Waals surface area (Å²) in [6, 6.07) is 0.749. The molecule has 1 saturated heterocycles. The first-order chi connectivity index (χ1) is 9.01. The zero-order chi connectivity index (χ0) is 15.6. The molecule has 118 valence electrons. The van der Waals surface area contributed by atoms with Crippen LogP contribution in [0.25, 0.3) is 0 Å². The van der Waals surface area contributed by atoms with E-state index >= 15 is 0 Å². The number of hydrogen-bond donors (Lipinski definition) is 0. The first kappa shape index (κ1) is 17.8. The number of rotatable bonds is 2. The summed E-state index contributed by atoms with van der Waals surface area (Å²) in [5.74, 6) is 0. The van der Waals surface area contributed by atoms with Crippen molar-refractivity contribution in [2.45, 2.75) is 92.2 Å². The predicted molar refractivity (Wildman–Crippen MR) is 91.1 cm³/mol. The van der Waals surface area contributed by atoms with Gasteiger partial charge in [0.1, 0.15) is 0 Å². The van der Waals surface area contributed by atoms with Gasteiger partial charge in [-0.05, 0) is 63.3 Å². The second-order valence-corrected chi connectivity index (χ2v) is 9.16. The minimum Gasteiger partial charge on any atom is -0.295 e. The molecular weight excluding hydrogens is 242 g/mol. The van der Waals surface area contributed by atoms with Gasteiger partial charge in [-0.25, -0.2) is 0 Å². The van der Waals surface area contributed by atoms with Gasteiger partial charge >= 0.3 is 0 Å². The molecule has 1 aliphatic heterocycles. The molecule has 1 heteroatoms. The maximum absolute atomic E-state index is 3.65. The number of hydrogen-bond acceptors (Lipinski definition) is 1. The van der Waals surface area contributed by atoms with Gasteiger partial charge in [0.15, 0.2) is 0 Å². The summed E-state index contributed by atoms with van der Waals surface area (Å²) < 4.78 is 0. The van der Waals surface area contributed by atoms with Crippen molar-refractivity contribution >= 4 is 0 Å². The molecule has 0 aromatic heterocycles. The first-order valence-corrected chi connectivity index (χ1v) is 8.39. The fraction of sp³-hybridized carbons (Fsp3) is 0.895. The largest absolute Gasteiger partial charge is 0.295 e. The van der Waals surface area contributed by atoms with Crippen LogP contribution in [-0.2, 0) is 0 Å². The summed E-state index contributed by atoms with van der Waals surface area (Å²) >= 11 is 0. The summed E-state index contributed by atoms with van der Waals surface area (Å²) in [7, 11) is 0. The SMILES string of the molecule is C=CCC(C)(C)C.CC(C)N1CCC(C)(C)CC12CC2. The molecule has 1 saturated carbocycles. The Hall–Kier alpha value is -0.300. The summed E-state index contributed by atoms with van der Waals surface area (Å²) in [5, 5.41) is 0. The minimum atomic E-state index is 0.432. The summed E-state index contributed by atoms with van der Waals surface area (Å²) in [6.45, 7) is 21.1. The quantitative estimate of drug-likeness (QED) is 0.590. The lowest BCUT2D eigenvalue weighted by molar-refractivity contribution is 0.0310. The van der Waals surface area contributed by atoms with Crippen molar-refractivity contribution in [1.29, 1.82) is 0 Å². The van der Waals surface area contributed by atoms with Crippen LogP contribution in [0.2, 0.25) is 0 Å². The molecule has 0 radical (unpaired) electrons. The van der Waals surface area contributed by atoms with Crippen molar-refractivity contribution in [2.24, 2.45) is 10.8 Å². The molecule has 1 spiro atoms. The summed E-state index contributed by atoms with van der Waals surface area (Å²) in [6.07, 6.45) is 8.78. The fourth-order valence-corrected chi connectivity index (χ4v) is 3.59. The Bertz CT molecular complexity index is 315. The van der Waals surface area contributed by atoms with Crippen LogP contribution in [0.4, 0.5) is 0 Å². The molecule has 0 N–H and O–H groups in total. The zero-order valence-electron chi connectivity index (χ0n) is 15.1. The van der Waals surface area contributed by atoms with E-state index in [-0.39, 0.29) is 0 Å². The fourth-order valence-electron chi connectivity index (χ4n) is 3.59. The molecule has 0 aromatic carbocycles. The molecule has 20 heavy (non-hydrogen) atoms. The van der Waals surface area contributed by atoms with Crippen LogP contribution in [0.1, 0.15) is 80.6 Å². The van der Waals surface area contributed by atoms with Crippen LogP contribution in [0, 0.1) is 10.8 Å². The third-order valence-corrected chi connectivity index (χ3v) is 4.65. The molecule has 2 rings (SSSR count). The normalized spacial score (nSPS) is 24.2. The highest BCUT2D eigenvalue weighted by atomic mass is 15.3. The number of likely N-dealkylation sites (tertiary alicyclic amines) is 1. The van der Waals surface area contributed by atoms with E-state index in [1.807, 2.05) is 6.08 Å². The third kappa shape index (κ3) is 5.24. The van der Waals surface area contributed by atoms with E-state index in [4.69, 9.17) is 0 Å². The van der Waals surface area contributed by atoms with Gasteiger partial charge in [-0.15, -0.1) is 6.58 Å². The third-order valence-electron chi connectivity index (χ3n) is 4.65. The summed E-state index contributed by atoms with van der Waals surface area (Å²) in [4.78, 5) is 2.75. The van der Waals surface area contributed by atoms with Crippen LogP contribution in [0.15, 0.2) is 12.7 Å². The van der Waals surface area contributed by atoms with E-state index in [1.165, 1.54) is 32.2 Å². The smallest absolute Gasteiger partial charge is 0.0218 e. The zero-order valence-corrected chi connectivity index (χ0v) is 15.1. The molecular formula is C19H37N. The van der Waals surface area contributed by atoms with Crippen molar-refractivity contribution in [3.63, 3.8) is 0 Å². The predicted octanol–water partition coefficient (Wildman–Crippen LogP) is 5.66. The van der Waals surface area contributed by atoms with Gasteiger partial charge in [0.05, 0.1) is 0 Å². The lowest BCUT2D eigenvalue weighted by atomic mass is 9.77. The molecule has 0 amide bonds. The van der Waals surface area contributed by atoms with E-state index in [9.17, 15) is 0 Å². The van der Waals surface area contributed by atoms with E-state index < -0.39 is 0 Å². The van der Waals surface area contributed by atoms with Crippen LogP contribution in [-0.4, -0.2) is 23.0 Å². The maximum atomic E-state index is 3.65. The Morgan fingerprint density at radius 3 is 2.00 bits per heavy atom. The highest BCUT2D eigenvalue weighted by Gasteiger charge is 2.53. The van der Waals surface area contributed by atoms with E-state index in [2.05, 4.69) is 59.9 Å². The Morgan fingerprint density at radius 2 is 1.70 bits per heavy atom. The monoisotopic (exact) mass is 279 g/mol. The highest BCUT2D eigenvalue weighted by Crippen LogP contribution is 2.54. The lowest BCUT2D eigenvalue weighted by Crippen LogP contribution is -2.50. The Labute approximate surface area is 127 Å². The van der Waals surface area contributed by atoms with Crippen molar-refractivity contribution < 1.29 is 0 Å². The number of piperidine rings is 1. The topological polar surface area (TPSA) is 3.24 Å². The van der Waals surface area contributed by atoms with Gasteiger partial charge in [-0.1, -0.05) is 40.7 Å². The van der Waals surface area contributed by atoms with Gasteiger partial charge in [0, 0.05) is 11.6 Å². The second-order valence-electron chi connectivity index (χ2n) is 9.16. The molecule has 1 nitrogen and oxygen atoms in total. The van der Waals surface area contributed by atoms with Crippen molar-refractivity contribution in [1.82, 2.24) is 4.90 Å². The van der Waals surface area contributed by atoms with Crippen LogP contribution < -0.4 is 0 Å². The maximum Gasteiger partial charge on any atom is 0.0218 e. The van der Waals surface area contributed by atoms with Gasteiger partial charge in [-0.3, -0.25) is 4.90 Å². The van der Waals surface area contributed by atoms with Gasteiger partial charge in [-0.2, -0.15) is 0 Å². The molecule has 1 aliphatic carbocycles. The molecule has 2 fully saturated rings. The number of allylic oxidation sites excluding steroid dienone is 1. The standard InChI is InChI=1S/C12H23N.C7H14/c1-10(2)13-8-7-11(3,4)9-12(13)5-6-12;1-5-6-7(2,3)4/h10H,5-9H2,1-4H3;5H,1,6H2,2-4H3. The highest BCUT2D eigenvalue weighted by molar-refractivity contribution is 5.09.